The van der Waals surface area contributed by atoms with E-state index in [1.165, 1.54) is 9.88 Å². The average molecular weight is 315 g/mol. The van der Waals surface area contributed by atoms with Crippen molar-refractivity contribution in [3.63, 3.8) is 0 Å². The molecule has 0 saturated carbocycles. The molecule has 0 unspecified atom stereocenters. The molecule has 0 aromatic rings. The first-order valence-electron chi connectivity index (χ1n) is 1.82. The summed E-state index contributed by atoms with van der Waals surface area (Å²) in [6, 6.07) is 0. The number of hydrogen-bond donors (Lipinski definition) is 0. The van der Waals surface area contributed by atoms with Gasteiger partial charge >= 0.3 is 57.8 Å². The third-order valence-electron chi connectivity index (χ3n) is 0.287. The zero-order valence-corrected chi connectivity index (χ0v) is 9.93. The van der Waals surface area contributed by atoms with E-state index in [0.717, 1.165) is 0 Å². The Balaban J connectivity index is 3.32. The molecule has 40 valence electrons. The van der Waals surface area contributed by atoms with E-state index in [0.29, 0.717) is 0 Å². The topological polar surface area (TPSA) is 43.4 Å². The summed E-state index contributed by atoms with van der Waals surface area (Å²) in [5, 5.41) is 0. The Labute approximate surface area is 57.4 Å². The van der Waals surface area contributed by atoms with Crippen LogP contribution in [0.15, 0.2) is 0 Å². The van der Waals surface area contributed by atoms with Gasteiger partial charge < -0.3 is 0 Å². The third kappa shape index (κ3) is 7.16. The average Bonchev–Trinajstić information content (AvgIpc) is 1.27. The van der Waals surface area contributed by atoms with Gasteiger partial charge in [-0.3, -0.25) is 0 Å². The second-order valence-corrected chi connectivity index (χ2v) is 11.2. The molecule has 0 radical (unpaired) electrons. The van der Waals surface area contributed by atoms with Crippen molar-refractivity contribution in [2.45, 2.75) is 9.88 Å². The van der Waals surface area contributed by atoms with Crippen molar-refractivity contribution < 1.29 is 7.57 Å². The summed E-state index contributed by atoms with van der Waals surface area (Å²) in [5.74, 6) is 0. The molecular formula is C2H6O3Sn2. The molecule has 0 aliphatic rings. The third-order valence-corrected chi connectivity index (χ3v) is 12.9. The van der Waals surface area contributed by atoms with Gasteiger partial charge in [0.15, 0.2) is 0 Å². The van der Waals surface area contributed by atoms with Crippen LogP contribution in [0.3, 0.4) is 0 Å². The van der Waals surface area contributed by atoms with E-state index in [4.69, 9.17) is 0 Å². The summed E-state index contributed by atoms with van der Waals surface area (Å²) in [6.45, 7) is 0. The van der Waals surface area contributed by atoms with Crippen LogP contribution >= 0.6 is 0 Å². The summed E-state index contributed by atoms with van der Waals surface area (Å²) in [4.78, 5) is 3.06. The first-order valence-corrected chi connectivity index (χ1v) is 12.2. The van der Waals surface area contributed by atoms with Crippen LogP contribution in [0.25, 0.3) is 0 Å². The Bertz CT molecular complexity index is 87.1. The minimum atomic E-state index is -2.66. The fourth-order valence-electron chi connectivity index (χ4n) is 0.202. The van der Waals surface area contributed by atoms with E-state index in [1.807, 2.05) is 0 Å². The molecule has 0 N–H and O–H groups in total. The van der Waals surface area contributed by atoms with Gasteiger partial charge in [-0.05, 0) is 0 Å². The predicted octanol–water partition coefficient (Wildman–Crippen LogP) is 0.1000. The van der Waals surface area contributed by atoms with E-state index in [9.17, 15) is 6.15 Å². The second kappa shape index (κ2) is 4.08. The monoisotopic (exact) mass is 318 g/mol. The van der Waals surface area contributed by atoms with Crippen molar-refractivity contribution in [2.75, 3.05) is 0 Å². The van der Waals surface area contributed by atoms with Crippen molar-refractivity contribution in [3.8, 4) is 0 Å². The standard InChI is InChI=1S/2CH3.3O.2Sn/h2*1H3;;;;;. The van der Waals surface area contributed by atoms with Gasteiger partial charge in [-0.15, -0.1) is 0 Å². The van der Waals surface area contributed by atoms with Gasteiger partial charge in [0.05, 0.1) is 0 Å². The summed E-state index contributed by atoms with van der Waals surface area (Å²) in [6.07, 6.45) is 0. The normalized spacial score (nSPS) is 8.29. The zero-order chi connectivity index (χ0) is 5.86. The molecule has 3 nitrogen and oxygen atoms in total. The fraction of sp³-hybridized carbons (Fsp3) is 1.00. The fourth-order valence-corrected chi connectivity index (χ4v) is 9.11. The van der Waals surface area contributed by atoms with Crippen LogP contribution in [0.4, 0.5) is 0 Å². The quantitative estimate of drug-likeness (QED) is 0.679. The molecular weight excluding hydrogens is 309 g/mol. The van der Waals surface area contributed by atoms with Gasteiger partial charge in [0.1, 0.15) is 0 Å². The first-order chi connectivity index (χ1) is 3.13. The van der Waals surface area contributed by atoms with Gasteiger partial charge in [-0.2, -0.15) is 0 Å². The Morgan fingerprint density at radius 2 is 1.43 bits per heavy atom. The van der Waals surface area contributed by atoms with E-state index in [2.05, 4.69) is 1.41 Å². The molecule has 7 heavy (non-hydrogen) atoms. The van der Waals surface area contributed by atoms with Gasteiger partial charge in [-0.25, -0.2) is 0 Å². The van der Waals surface area contributed by atoms with Crippen LogP contribution in [0.1, 0.15) is 0 Å². The molecule has 0 spiro atoms. The first kappa shape index (κ1) is 8.16. The van der Waals surface area contributed by atoms with E-state index in [-0.39, 0.29) is 0 Å². The van der Waals surface area contributed by atoms with Gasteiger partial charge in [-0.1, -0.05) is 0 Å². The van der Waals surface area contributed by atoms with Crippen molar-refractivity contribution in [2.24, 2.45) is 0 Å². The van der Waals surface area contributed by atoms with Crippen LogP contribution in [0.5, 0.6) is 0 Å². The molecule has 0 aliphatic heterocycles. The van der Waals surface area contributed by atoms with Gasteiger partial charge in [0.25, 0.3) is 0 Å². The van der Waals surface area contributed by atoms with Crippen LogP contribution in [0, 0.1) is 0 Å². The number of hydrogen-bond acceptors (Lipinski definition) is 3. The van der Waals surface area contributed by atoms with Crippen LogP contribution in [-0.2, 0) is 7.57 Å². The predicted molar refractivity (Wildman–Crippen MR) is 25.7 cm³/mol. The van der Waals surface area contributed by atoms with E-state index >= 15 is 0 Å². The Kier molecular flexibility index (Phi) is 4.75. The zero-order valence-electron chi connectivity index (χ0n) is 4.22. The van der Waals surface area contributed by atoms with Crippen LogP contribution < -0.4 is 0 Å². The summed E-state index contributed by atoms with van der Waals surface area (Å²) in [7, 11) is 0. The Morgan fingerprint density at radius 3 is 1.43 bits per heavy atom. The summed E-state index contributed by atoms with van der Waals surface area (Å²) < 4.78 is 24.9. The molecule has 0 rings (SSSR count). The molecule has 0 atom stereocenters. The molecule has 0 aromatic carbocycles. The maximum atomic E-state index is 10.2. The summed E-state index contributed by atoms with van der Waals surface area (Å²) in [5.41, 5.74) is 0. The molecule has 0 bridgehead atoms. The minimum absolute atomic E-state index is 1.53. The SMILES string of the molecule is [CH3][Sn](=[O])[O][Sn]([CH3])=[O]. The molecule has 0 aliphatic carbocycles. The van der Waals surface area contributed by atoms with Crippen LogP contribution in [0.2, 0.25) is 9.88 Å². The van der Waals surface area contributed by atoms with E-state index < -0.39 is 40.3 Å². The van der Waals surface area contributed by atoms with Gasteiger partial charge in [0.2, 0.25) is 0 Å². The molecule has 5 heteroatoms. The molecule has 0 saturated heterocycles. The Morgan fingerprint density at radius 1 is 1.14 bits per heavy atom. The van der Waals surface area contributed by atoms with Crippen molar-refractivity contribution in [1.29, 1.82) is 0 Å². The van der Waals surface area contributed by atoms with Crippen molar-refractivity contribution >= 4 is 40.3 Å². The summed E-state index contributed by atoms with van der Waals surface area (Å²) >= 11 is -5.32. The number of rotatable bonds is 2. The maximum absolute atomic E-state index is 10.2. The molecule has 0 heterocycles. The van der Waals surface area contributed by atoms with Crippen molar-refractivity contribution in [3.05, 3.63) is 0 Å². The van der Waals surface area contributed by atoms with E-state index in [1.54, 1.807) is 0 Å². The van der Waals surface area contributed by atoms with Gasteiger partial charge in [0, 0.05) is 0 Å². The second-order valence-electron chi connectivity index (χ2n) is 1.09. The van der Waals surface area contributed by atoms with Crippen molar-refractivity contribution in [1.82, 2.24) is 0 Å². The molecule has 0 amide bonds. The Hall–Kier alpha value is 1.16. The molecule has 0 fully saturated rings. The van der Waals surface area contributed by atoms with Crippen LogP contribution in [-0.4, -0.2) is 40.3 Å². The molecule has 0 aromatic heterocycles.